The number of rotatable bonds is 6. The second-order valence-corrected chi connectivity index (χ2v) is 6.86. The number of nitrogens with two attached hydrogens (primary N) is 2. The fourth-order valence-corrected chi connectivity index (χ4v) is 3.42. The van der Waals surface area contributed by atoms with Gasteiger partial charge in [-0.25, -0.2) is 4.98 Å². The van der Waals surface area contributed by atoms with Crippen molar-refractivity contribution in [2.75, 3.05) is 5.32 Å². The Balaban J connectivity index is 1.80. The van der Waals surface area contributed by atoms with Gasteiger partial charge in [-0.15, -0.1) is 0 Å². The van der Waals surface area contributed by atoms with Crippen LogP contribution in [0.2, 0.25) is 0 Å². The van der Waals surface area contributed by atoms with E-state index in [1.54, 1.807) is 16.7 Å². The average Bonchev–Trinajstić information content (AvgIpc) is 3.08. The largest absolute Gasteiger partial charge is 0.366 e. The third-order valence-electron chi connectivity index (χ3n) is 4.84. The number of primary amides is 2. The van der Waals surface area contributed by atoms with Crippen molar-refractivity contribution >= 4 is 28.5 Å². The number of anilines is 1. The van der Waals surface area contributed by atoms with Gasteiger partial charge in [-0.3, -0.25) is 14.2 Å². The number of carbonyl (C=O) groups is 2. The minimum absolute atomic E-state index is 0.196. The Labute approximate surface area is 172 Å². The van der Waals surface area contributed by atoms with Crippen molar-refractivity contribution in [2.24, 2.45) is 11.5 Å². The molecule has 0 radical (unpaired) electrons. The van der Waals surface area contributed by atoms with Crippen LogP contribution in [-0.4, -0.2) is 26.3 Å². The van der Waals surface area contributed by atoms with Crippen molar-refractivity contribution in [3.63, 3.8) is 0 Å². The standard InChI is InChI=1S/C22H20N6O2/c1-13-10-16-15(19(23)29)8-5-9-18(16)28(13)22-26-12-17(20(24)30)21(27-22)25-11-14-6-3-2-4-7-14/h2-10,12H,11H2,1H3,(H2,23,29)(H2,24,30)(H,25,26,27). The maximum absolute atomic E-state index is 11.9. The van der Waals surface area contributed by atoms with Gasteiger partial charge >= 0.3 is 0 Å². The molecule has 5 N–H and O–H groups in total. The summed E-state index contributed by atoms with van der Waals surface area (Å²) in [5.74, 6) is -0.441. The molecule has 0 fully saturated rings. The smallest absolute Gasteiger partial charge is 0.254 e. The first kappa shape index (κ1) is 19.1. The van der Waals surface area contributed by atoms with Crippen LogP contribution in [0.25, 0.3) is 16.9 Å². The predicted octanol–water partition coefficient (Wildman–Crippen LogP) is 2.54. The Kier molecular flexibility index (Phi) is 4.89. The van der Waals surface area contributed by atoms with Gasteiger partial charge in [0.2, 0.25) is 11.9 Å². The van der Waals surface area contributed by atoms with Crippen LogP contribution in [0, 0.1) is 6.92 Å². The molecule has 0 unspecified atom stereocenters. The van der Waals surface area contributed by atoms with Crippen LogP contribution >= 0.6 is 0 Å². The summed E-state index contributed by atoms with van der Waals surface area (Å²) in [6, 6.07) is 16.9. The minimum Gasteiger partial charge on any atom is -0.366 e. The average molecular weight is 400 g/mol. The number of carbonyl (C=O) groups excluding carboxylic acids is 2. The zero-order chi connectivity index (χ0) is 21.3. The van der Waals surface area contributed by atoms with Crippen molar-refractivity contribution in [3.05, 3.63) is 83.2 Å². The van der Waals surface area contributed by atoms with Gasteiger partial charge in [0.25, 0.3) is 5.91 Å². The van der Waals surface area contributed by atoms with Crippen molar-refractivity contribution in [1.82, 2.24) is 14.5 Å². The molecule has 150 valence electrons. The SMILES string of the molecule is Cc1cc2c(C(N)=O)cccc2n1-c1ncc(C(N)=O)c(NCc2ccccc2)n1. The molecule has 8 nitrogen and oxygen atoms in total. The summed E-state index contributed by atoms with van der Waals surface area (Å²) in [6.45, 7) is 2.35. The van der Waals surface area contributed by atoms with E-state index in [-0.39, 0.29) is 5.56 Å². The zero-order valence-electron chi connectivity index (χ0n) is 16.3. The normalized spacial score (nSPS) is 10.8. The lowest BCUT2D eigenvalue weighted by Crippen LogP contribution is -2.18. The van der Waals surface area contributed by atoms with Crippen molar-refractivity contribution in [2.45, 2.75) is 13.5 Å². The first-order valence-electron chi connectivity index (χ1n) is 9.31. The van der Waals surface area contributed by atoms with E-state index in [2.05, 4.69) is 15.3 Å². The number of nitrogens with zero attached hydrogens (tertiary/aromatic N) is 3. The lowest BCUT2D eigenvalue weighted by Gasteiger charge is -2.12. The number of hydrogen-bond acceptors (Lipinski definition) is 5. The highest BCUT2D eigenvalue weighted by Crippen LogP contribution is 2.26. The molecule has 4 rings (SSSR count). The third kappa shape index (κ3) is 3.46. The van der Waals surface area contributed by atoms with Crippen LogP contribution in [-0.2, 0) is 6.54 Å². The summed E-state index contributed by atoms with van der Waals surface area (Å²) >= 11 is 0. The summed E-state index contributed by atoms with van der Waals surface area (Å²) in [6.07, 6.45) is 1.40. The predicted molar refractivity (Wildman–Crippen MR) is 114 cm³/mol. The van der Waals surface area contributed by atoms with Gasteiger partial charge in [-0.1, -0.05) is 36.4 Å². The number of hydrogen-bond donors (Lipinski definition) is 3. The first-order valence-corrected chi connectivity index (χ1v) is 9.31. The Morgan fingerprint density at radius 2 is 1.73 bits per heavy atom. The molecule has 2 aromatic carbocycles. The number of amides is 2. The molecule has 0 saturated heterocycles. The maximum Gasteiger partial charge on any atom is 0.254 e. The van der Waals surface area contributed by atoms with Gasteiger partial charge in [0.05, 0.1) is 11.1 Å². The van der Waals surface area contributed by atoms with E-state index >= 15 is 0 Å². The van der Waals surface area contributed by atoms with E-state index in [1.807, 2.05) is 49.4 Å². The van der Waals surface area contributed by atoms with E-state index in [0.29, 0.717) is 29.3 Å². The lowest BCUT2D eigenvalue weighted by molar-refractivity contribution is 0.0992. The Hall–Kier alpha value is -4.20. The molecule has 2 amide bonds. The molecule has 0 atom stereocenters. The molecular formula is C22H20N6O2. The quantitative estimate of drug-likeness (QED) is 0.458. The molecule has 4 aromatic rings. The van der Waals surface area contributed by atoms with Gasteiger partial charge in [-0.2, -0.15) is 4.98 Å². The van der Waals surface area contributed by atoms with Crippen LogP contribution in [0.3, 0.4) is 0 Å². The molecular weight excluding hydrogens is 380 g/mol. The van der Waals surface area contributed by atoms with E-state index in [9.17, 15) is 9.59 Å². The van der Waals surface area contributed by atoms with Crippen molar-refractivity contribution in [1.29, 1.82) is 0 Å². The van der Waals surface area contributed by atoms with E-state index in [0.717, 1.165) is 16.8 Å². The van der Waals surface area contributed by atoms with E-state index < -0.39 is 11.8 Å². The zero-order valence-corrected chi connectivity index (χ0v) is 16.3. The molecule has 0 aliphatic heterocycles. The maximum atomic E-state index is 11.9. The summed E-state index contributed by atoms with van der Waals surface area (Å²) in [5.41, 5.74) is 14.2. The number of benzene rings is 2. The fourth-order valence-electron chi connectivity index (χ4n) is 3.42. The van der Waals surface area contributed by atoms with Crippen molar-refractivity contribution < 1.29 is 9.59 Å². The lowest BCUT2D eigenvalue weighted by atomic mass is 10.1. The molecule has 0 aliphatic carbocycles. The first-order chi connectivity index (χ1) is 14.5. The summed E-state index contributed by atoms with van der Waals surface area (Å²) < 4.78 is 1.81. The highest BCUT2D eigenvalue weighted by Gasteiger charge is 2.18. The second-order valence-electron chi connectivity index (χ2n) is 6.86. The summed E-state index contributed by atoms with van der Waals surface area (Å²) in [5, 5.41) is 3.88. The van der Waals surface area contributed by atoms with E-state index in [1.165, 1.54) is 6.20 Å². The van der Waals surface area contributed by atoms with Crippen molar-refractivity contribution in [3.8, 4) is 5.95 Å². The van der Waals surface area contributed by atoms with Gasteiger partial charge in [0.1, 0.15) is 5.82 Å². The van der Waals surface area contributed by atoms with Gasteiger partial charge in [0.15, 0.2) is 0 Å². The number of nitrogens with one attached hydrogen (secondary N) is 1. The Bertz CT molecular complexity index is 1260. The Morgan fingerprint density at radius 3 is 2.43 bits per heavy atom. The Morgan fingerprint density at radius 1 is 1.00 bits per heavy atom. The summed E-state index contributed by atoms with van der Waals surface area (Å²) in [4.78, 5) is 32.6. The number of aromatic nitrogens is 3. The van der Waals surface area contributed by atoms with Crippen LogP contribution in [0.4, 0.5) is 5.82 Å². The van der Waals surface area contributed by atoms with Crippen LogP contribution < -0.4 is 16.8 Å². The third-order valence-corrected chi connectivity index (χ3v) is 4.84. The topological polar surface area (TPSA) is 129 Å². The molecule has 0 aliphatic rings. The molecule has 0 spiro atoms. The highest BCUT2D eigenvalue weighted by molar-refractivity contribution is 6.06. The molecule has 30 heavy (non-hydrogen) atoms. The van der Waals surface area contributed by atoms with Gasteiger partial charge in [-0.05, 0) is 30.7 Å². The molecule has 2 heterocycles. The van der Waals surface area contributed by atoms with Crippen LogP contribution in [0.1, 0.15) is 32.0 Å². The fraction of sp³-hybridized carbons (Fsp3) is 0.0909. The summed E-state index contributed by atoms with van der Waals surface area (Å²) in [7, 11) is 0. The number of aryl methyl sites for hydroxylation is 1. The second kappa shape index (κ2) is 7.67. The molecule has 8 heteroatoms. The van der Waals surface area contributed by atoms with Crippen LogP contribution in [0.5, 0.6) is 0 Å². The monoisotopic (exact) mass is 400 g/mol. The minimum atomic E-state index is -0.623. The van der Waals surface area contributed by atoms with E-state index in [4.69, 9.17) is 11.5 Å². The molecule has 0 saturated carbocycles. The van der Waals surface area contributed by atoms with Gasteiger partial charge < -0.3 is 16.8 Å². The molecule has 2 aromatic heterocycles. The number of fused-ring (bicyclic) bond motifs is 1. The molecule has 0 bridgehead atoms. The van der Waals surface area contributed by atoms with Gasteiger partial charge in [0, 0.05) is 29.4 Å². The highest BCUT2D eigenvalue weighted by atomic mass is 16.1. The van der Waals surface area contributed by atoms with Crippen LogP contribution in [0.15, 0.2) is 60.8 Å².